The van der Waals surface area contributed by atoms with Gasteiger partial charge in [0.05, 0.1) is 31.0 Å². The first-order chi connectivity index (χ1) is 13.6. The number of pyridine rings is 1. The van der Waals surface area contributed by atoms with Crippen LogP contribution < -0.4 is 10.5 Å². The molecule has 0 bridgehead atoms. The summed E-state index contributed by atoms with van der Waals surface area (Å²) in [4.78, 5) is 7.04. The SMILES string of the molecule is COc1ccc(-c2c(Cl)c(CN)nc3sc4c(c23)CCC2(C4)OCCO2)cc1. The van der Waals surface area contributed by atoms with Gasteiger partial charge < -0.3 is 19.9 Å². The monoisotopic (exact) mass is 416 g/mol. The average Bonchev–Trinajstić information content (AvgIpc) is 3.31. The Kier molecular flexibility index (Phi) is 4.56. The molecule has 1 aromatic carbocycles. The van der Waals surface area contributed by atoms with Crippen LogP contribution in [0.4, 0.5) is 0 Å². The first kappa shape index (κ1) is 18.3. The van der Waals surface area contributed by atoms with Gasteiger partial charge in [-0.2, -0.15) is 0 Å². The van der Waals surface area contributed by atoms with Gasteiger partial charge >= 0.3 is 0 Å². The number of hydrogen-bond donors (Lipinski definition) is 1. The van der Waals surface area contributed by atoms with E-state index in [-0.39, 0.29) is 0 Å². The Morgan fingerprint density at radius 2 is 2.00 bits per heavy atom. The van der Waals surface area contributed by atoms with Crippen LogP contribution in [0, 0.1) is 0 Å². The third-order valence-corrected chi connectivity index (χ3v) is 7.14. The normalized spacial score (nSPS) is 18.0. The molecule has 0 radical (unpaired) electrons. The smallest absolute Gasteiger partial charge is 0.173 e. The minimum Gasteiger partial charge on any atom is -0.497 e. The molecule has 0 amide bonds. The van der Waals surface area contributed by atoms with Crippen LogP contribution in [-0.2, 0) is 28.9 Å². The van der Waals surface area contributed by atoms with E-state index in [0.717, 1.165) is 52.0 Å². The lowest BCUT2D eigenvalue weighted by atomic mass is 9.89. The molecule has 5 nitrogen and oxygen atoms in total. The second-order valence-corrected chi connectivity index (χ2v) is 8.61. The molecule has 3 heterocycles. The number of rotatable bonds is 3. The number of aromatic nitrogens is 1. The fraction of sp³-hybridized carbons (Fsp3) is 0.381. The standard InChI is InChI=1S/C21H21ClN2O3S/c1-25-13-4-2-12(3-5-13)17-18-14-6-7-21(26-8-9-27-21)10-16(14)28-20(18)24-15(11-23)19(17)22/h2-5H,6-11,23H2,1H3. The Morgan fingerprint density at radius 3 is 2.68 bits per heavy atom. The molecule has 5 rings (SSSR count). The van der Waals surface area contributed by atoms with E-state index < -0.39 is 5.79 Å². The first-order valence-corrected chi connectivity index (χ1v) is 10.6. The van der Waals surface area contributed by atoms with Gasteiger partial charge in [0, 0.05) is 35.2 Å². The van der Waals surface area contributed by atoms with E-state index in [2.05, 4.69) is 0 Å². The topological polar surface area (TPSA) is 66.6 Å². The summed E-state index contributed by atoms with van der Waals surface area (Å²) < 4.78 is 17.2. The van der Waals surface area contributed by atoms with Crippen molar-refractivity contribution < 1.29 is 14.2 Å². The van der Waals surface area contributed by atoms with Crippen molar-refractivity contribution in [1.82, 2.24) is 4.98 Å². The molecule has 0 unspecified atom stereocenters. The van der Waals surface area contributed by atoms with E-state index in [4.69, 9.17) is 36.5 Å². The number of fused-ring (bicyclic) bond motifs is 3. The van der Waals surface area contributed by atoms with Crippen molar-refractivity contribution in [2.45, 2.75) is 31.6 Å². The molecular formula is C21H21ClN2O3S. The number of methoxy groups -OCH3 is 1. The number of aryl methyl sites for hydroxylation is 1. The van der Waals surface area contributed by atoms with Gasteiger partial charge in [-0.1, -0.05) is 23.7 Å². The van der Waals surface area contributed by atoms with Crippen LogP contribution in [0.5, 0.6) is 5.75 Å². The lowest BCUT2D eigenvalue weighted by Gasteiger charge is -2.31. The summed E-state index contributed by atoms with van der Waals surface area (Å²) in [5.74, 6) is 0.350. The summed E-state index contributed by atoms with van der Waals surface area (Å²) in [7, 11) is 1.66. The first-order valence-electron chi connectivity index (χ1n) is 9.39. The van der Waals surface area contributed by atoms with Crippen LogP contribution in [0.1, 0.15) is 22.6 Å². The molecular weight excluding hydrogens is 396 g/mol. The van der Waals surface area contributed by atoms with Gasteiger partial charge in [-0.25, -0.2) is 4.98 Å². The number of halogens is 1. The Hall–Kier alpha value is -1.70. The van der Waals surface area contributed by atoms with Gasteiger partial charge in [0.1, 0.15) is 10.6 Å². The molecule has 2 aromatic heterocycles. The van der Waals surface area contributed by atoms with Crippen LogP contribution in [0.15, 0.2) is 24.3 Å². The van der Waals surface area contributed by atoms with Crippen molar-refractivity contribution in [2.24, 2.45) is 5.73 Å². The fourth-order valence-electron chi connectivity index (χ4n) is 4.22. The summed E-state index contributed by atoms with van der Waals surface area (Å²) in [5.41, 5.74) is 10.0. The van der Waals surface area contributed by atoms with Crippen LogP contribution >= 0.6 is 22.9 Å². The van der Waals surface area contributed by atoms with Crippen molar-refractivity contribution in [3.8, 4) is 16.9 Å². The molecule has 1 aliphatic carbocycles. The Bertz CT molecular complexity index is 1040. The van der Waals surface area contributed by atoms with E-state index in [1.165, 1.54) is 10.4 Å². The number of nitrogens with two attached hydrogens (primary N) is 1. The van der Waals surface area contributed by atoms with Gasteiger partial charge in [-0.3, -0.25) is 0 Å². The fourth-order valence-corrected chi connectivity index (χ4v) is 5.88. The number of hydrogen-bond acceptors (Lipinski definition) is 6. The molecule has 1 fully saturated rings. The molecule has 0 atom stereocenters. The zero-order valence-electron chi connectivity index (χ0n) is 15.6. The predicted molar refractivity (Wildman–Crippen MR) is 111 cm³/mol. The lowest BCUT2D eigenvalue weighted by Crippen LogP contribution is -2.36. The highest BCUT2D eigenvalue weighted by Gasteiger charge is 2.41. The van der Waals surface area contributed by atoms with Crippen molar-refractivity contribution in [1.29, 1.82) is 0 Å². The van der Waals surface area contributed by atoms with E-state index in [9.17, 15) is 0 Å². The Balaban J connectivity index is 1.72. The van der Waals surface area contributed by atoms with E-state index in [0.29, 0.717) is 24.8 Å². The highest BCUT2D eigenvalue weighted by molar-refractivity contribution is 7.19. The van der Waals surface area contributed by atoms with Crippen molar-refractivity contribution in [3.05, 3.63) is 45.4 Å². The zero-order chi connectivity index (χ0) is 19.3. The van der Waals surface area contributed by atoms with E-state index >= 15 is 0 Å². The quantitative estimate of drug-likeness (QED) is 0.688. The molecule has 2 aliphatic rings. The highest BCUT2D eigenvalue weighted by Crippen LogP contribution is 2.47. The Labute approximate surface area is 172 Å². The molecule has 0 saturated carbocycles. The number of nitrogens with zero attached hydrogens (tertiary/aromatic N) is 1. The van der Waals surface area contributed by atoms with Gasteiger partial charge in [0.2, 0.25) is 0 Å². The van der Waals surface area contributed by atoms with E-state index in [1.807, 2.05) is 24.3 Å². The third-order valence-electron chi connectivity index (χ3n) is 5.60. The third kappa shape index (κ3) is 2.83. The molecule has 7 heteroatoms. The van der Waals surface area contributed by atoms with Gasteiger partial charge in [-0.15, -0.1) is 11.3 Å². The zero-order valence-corrected chi connectivity index (χ0v) is 17.2. The van der Waals surface area contributed by atoms with Crippen LogP contribution in [0.25, 0.3) is 21.3 Å². The molecule has 3 aromatic rings. The minimum atomic E-state index is -0.464. The summed E-state index contributed by atoms with van der Waals surface area (Å²) in [6.07, 6.45) is 2.50. The second-order valence-electron chi connectivity index (χ2n) is 7.15. The predicted octanol–water partition coefficient (Wildman–Crippen LogP) is 4.32. The lowest BCUT2D eigenvalue weighted by molar-refractivity contribution is -0.163. The van der Waals surface area contributed by atoms with Gasteiger partial charge in [0.15, 0.2) is 5.79 Å². The molecule has 1 aliphatic heterocycles. The van der Waals surface area contributed by atoms with Crippen molar-refractivity contribution >= 4 is 33.2 Å². The van der Waals surface area contributed by atoms with E-state index in [1.54, 1.807) is 18.4 Å². The second kappa shape index (κ2) is 6.97. The summed E-state index contributed by atoms with van der Waals surface area (Å²) >= 11 is 8.50. The average molecular weight is 417 g/mol. The van der Waals surface area contributed by atoms with Gasteiger partial charge in [-0.05, 0) is 29.7 Å². The van der Waals surface area contributed by atoms with Crippen LogP contribution in [0.2, 0.25) is 5.02 Å². The summed E-state index contributed by atoms with van der Waals surface area (Å²) in [6, 6.07) is 7.98. The van der Waals surface area contributed by atoms with Crippen molar-refractivity contribution in [2.75, 3.05) is 20.3 Å². The summed E-state index contributed by atoms with van der Waals surface area (Å²) in [5, 5.41) is 1.77. The van der Waals surface area contributed by atoms with Crippen LogP contribution in [0.3, 0.4) is 0 Å². The maximum absolute atomic E-state index is 6.80. The van der Waals surface area contributed by atoms with Crippen LogP contribution in [-0.4, -0.2) is 31.1 Å². The highest BCUT2D eigenvalue weighted by atomic mass is 35.5. The van der Waals surface area contributed by atoms with Crippen molar-refractivity contribution in [3.63, 3.8) is 0 Å². The maximum atomic E-state index is 6.80. The number of benzene rings is 1. The summed E-state index contributed by atoms with van der Waals surface area (Å²) in [6.45, 7) is 1.63. The Morgan fingerprint density at radius 1 is 1.25 bits per heavy atom. The molecule has 1 saturated heterocycles. The molecule has 1 spiro atoms. The number of ether oxygens (including phenoxy) is 3. The molecule has 2 N–H and O–H groups in total. The number of thiophene rings is 1. The molecule has 146 valence electrons. The maximum Gasteiger partial charge on any atom is 0.173 e. The minimum absolute atomic E-state index is 0.302. The van der Waals surface area contributed by atoms with Gasteiger partial charge in [0.25, 0.3) is 0 Å². The largest absolute Gasteiger partial charge is 0.497 e. The molecule has 28 heavy (non-hydrogen) atoms.